The number of nitrogens with zero attached hydrogens (tertiary/aromatic N) is 5. The number of pyridine rings is 1. The van der Waals surface area contributed by atoms with Gasteiger partial charge in [-0.05, 0) is 18.7 Å². The van der Waals surface area contributed by atoms with Crippen LogP contribution in [-0.2, 0) is 7.05 Å². The molecule has 2 rings (SSSR count). The quantitative estimate of drug-likeness (QED) is 0.655. The predicted molar refractivity (Wildman–Crippen MR) is 65.2 cm³/mol. The van der Waals surface area contributed by atoms with Crippen LogP contribution in [0.3, 0.4) is 0 Å². The molecule has 8 nitrogen and oxygen atoms in total. The number of rotatable bonds is 3. The highest BCUT2D eigenvalue weighted by Gasteiger charge is 2.13. The number of hydrogen-bond acceptors (Lipinski definition) is 7. The second-order valence-electron chi connectivity index (χ2n) is 3.54. The third-order valence-corrected chi connectivity index (χ3v) is 3.22. The number of aryl methyl sites for hydroxylation is 1. The first-order valence-electron chi connectivity index (χ1n) is 4.93. The summed E-state index contributed by atoms with van der Waals surface area (Å²) in [4.78, 5) is 14.2. The molecule has 0 aromatic carbocycles. The molecule has 0 unspecified atom stereocenters. The van der Waals surface area contributed by atoms with E-state index >= 15 is 0 Å². The van der Waals surface area contributed by atoms with Gasteiger partial charge in [0.1, 0.15) is 16.7 Å². The minimum absolute atomic E-state index is 0.0936. The summed E-state index contributed by atoms with van der Waals surface area (Å²) < 4.78 is 1.77. The first-order valence-corrected chi connectivity index (χ1v) is 5.75. The summed E-state index contributed by atoms with van der Waals surface area (Å²) in [5.41, 5.74) is 5.43. The summed E-state index contributed by atoms with van der Waals surface area (Å²) in [5.74, 6) is 0.849. The van der Waals surface area contributed by atoms with Crippen LogP contribution in [0.4, 0.5) is 11.5 Å². The van der Waals surface area contributed by atoms with Gasteiger partial charge in [0.15, 0.2) is 5.16 Å². The van der Waals surface area contributed by atoms with E-state index in [1.807, 2.05) is 6.92 Å². The molecule has 0 aliphatic carbocycles. The van der Waals surface area contributed by atoms with E-state index in [-0.39, 0.29) is 11.5 Å². The number of anilines is 1. The Balaban J connectivity index is 2.34. The second-order valence-corrected chi connectivity index (χ2v) is 4.52. The van der Waals surface area contributed by atoms with E-state index in [0.717, 1.165) is 5.82 Å². The van der Waals surface area contributed by atoms with Crippen LogP contribution in [0.2, 0.25) is 0 Å². The number of hydrogen-bond donors (Lipinski definition) is 1. The standard InChI is InChI=1S/C9H10N6O2S/c1-5-12-13-9(14(5)2)18-8-4-6(15(16)17)3-7(10)11-8/h3-4H,1-2H3,(H2,10,11). The minimum atomic E-state index is -0.510. The van der Waals surface area contributed by atoms with E-state index in [9.17, 15) is 10.1 Å². The van der Waals surface area contributed by atoms with E-state index in [1.165, 1.54) is 23.9 Å². The van der Waals surface area contributed by atoms with E-state index in [4.69, 9.17) is 5.73 Å². The van der Waals surface area contributed by atoms with E-state index in [2.05, 4.69) is 15.2 Å². The van der Waals surface area contributed by atoms with Gasteiger partial charge in [-0.3, -0.25) is 10.1 Å². The second kappa shape index (κ2) is 4.61. The van der Waals surface area contributed by atoms with Crippen molar-refractivity contribution in [1.82, 2.24) is 19.7 Å². The summed E-state index contributed by atoms with van der Waals surface area (Å²) in [6, 6.07) is 2.57. The highest BCUT2D eigenvalue weighted by atomic mass is 32.2. The molecular formula is C9H10N6O2S. The molecule has 2 aromatic heterocycles. The molecule has 2 N–H and O–H groups in total. The van der Waals surface area contributed by atoms with Gasteiger partial charge in [0.2, 0.25) is 0 Å². The fourth-order valence-corrected chi connectivity index (χ4v) is 2.11. The third kappa shape index (κ3) is 2.40. The summed E-state index contributed by atoms with van der Waals surface area (Å²) in [7, 11) is 1.80. The average Bonchev–Trinajstić information content (AvgIpc) is 2.60. The lowest BCUT2D eigenvalue weighted by Gasteiger charge is -2.02. The molecule has 0 spiro atoms. The van der Waals surface area contributed by atoms with E-state index < -0.39 is 4.92 Å². The highest BCUT2D eigenvalue weighted by Crippen LogP contribution is 2.28. The van der Waals surface area contributed by atoms with Crippen LogP contribution in [0, 0.1) is 17.0 Å². The van der Waals surface area contributed by atoms with Gasteiger partial charge >= 0.3 is 0 Å². The Labute approximate surface area is 106 Å². The molecule has 94 valence electrons. The summed E-state index contributed by atoms with van der Waals surface area (Å²) >= 11 is 1.17. The molecule has 9 heteroatoms. The Bertz CT molecular complexity index is 611. The Kier molecular flexibility index (Phi) is 3.15. The van der Waals surface area contributed by atoms with Crippen LogP contribution >= 0.6 is 11.8 Å². The van der Waals surface area contributed by atoms with Gasteiger partial charge in [-0.2, -0.15) is 0 Å². The minimum Gasteiger partial charge on any atom is -0.383 e. The van der Waals surface area contributed by atoms with Crippen LogP contribution in [0.1, 0.15) is 5.82 Å². The van der Waals surface area contributed by atoms with Gasteiger partial charge in [-0.25, -0.2) is 4.98 Å². The molecule has 0 amide bonds. The summed E-state index contributed by atoms with van der Waals surface area (Å²) in [6.45, 7) is 1.81. The third-order valence-electron chi connectivity index (χ3n) is 2.27. The van der Waals surface area contributed by atoms with Crippen molar-refractivity contribution in [2.24, 2.45) is 7.05 Å². The molecule has 2 heterocycles. The maximum Gasteiger partial charge on any atom is 0.275 e. The number of nitrogens with two attached hydrogens (primary N) is 1. The van der Waals surface area contributed by atoms with Gasteiger partial charge in [0, 0.05) is 13.1 Å². The maximum absolute atomic E-state index is 10.7. The smallest absolute Gasteiger partial charge is 0.275 e. The fraction of sp³-hybridized carbons (Fsp3) is 0.222. The zero-order chi connectivity index (χ0) is 13.3. The SMILES string of the molecule is Cc1nnc(Sc2cc([N+](=O)[O-])cc(N)n2)n1C. The van der Waals surface area contributed by atoms with Crippen molar-refractivity contribution in [3.8, 4) is 0 Å². The van der Waals surface area contributed by atoms with Crippen molar-refractivity contribution in [3.63, 3.8) is 0 Å². The van der Waals surface area contributed by atoms with Gasteiger partial charge in [0.05, 0.1) is 11.0 Å². The first kappa shape index (κ1) is 12.3. The first-order chi connectivity index (χ1) is 8.47. The van der Waals surface area contributed by atoms with Crippen molar-refractivity contribution in [3.05, 3.63) is 28.1 Å². The average molecular weight is 266 g/mol. The van der Waals surface area contributed by atoms with E-state index in [0.29, 0.717) is 10.2 Å². The Morgan fingerprint density at radius 1 is 1.44 bits per heavy atom. The zero-order valence-corrected chi connectivity index (χ0v) is 10.5. The number of aromatic nitrogens is 4. The number of nitrogen functional groups attached to an aromatic ring is 1. The van der Waals surface area contributed by atoms with Crippen LogP contribution in [-0.4, -0.2) is 24.7 Å². The van der Waals surface area contributed by atoms with Gasteiger partial charge in [-0.1, -0.05) is 0 Å². The molecule has 0 atom stereocenters. The van der Waals surface area contributed by atoms with E-state index in [1.54, 1.807) is 11.6 Å². The normalized spacial score (nSPS) is 10.6. The molecule has 0 saturated carbocycles. The lowest BCUT2D eigenvalue weighted by Crippen LogP contribution is -1.97. The molecular weight excluding hydrogens is 256 g/mol. The molecule has 0 aliphatic rings. The highest BCUT2D eigenvalue weighted by molar-refractivity contribution is 7.99. The number of nitro groups is 1. The molecule has 0 radical (unpaired) electrons. The Morgan fingerprint density at radius 3 is 2.72 bits per heavy atom. The largest absolute Gasteiger partial charge is 0.383 e. The lowest BCUT2D eigenvalue weighted by molar-refractivity contribution is -0.385. The van der Waals surface area contributed by atoms with Crippen molar-refractivity contribution >= 4 is 23.3 Å². The van der Waals surface area contributed by atoms with Crippen molar-refractivity contribution < 1.29 is 4.92 Å². The Hall–Kier alpha value is -2.16. The topological polar surface area (TPSA) is 113 Å². The van der Waals surface area contributed by atoms with Crippen LogP contribution in [0.5, 0.6) is 0 Å². The molecule has 0 bridgehead atoms. The monoisotopic (exact) mass is 266 g/mol. The van der Waals surface area contributed by atoms with Crippen molar-refractivity contribution in [2.75, 3.05) is 5.73 Å². The molecule has 0 saturated heterocycles. The molecule has 0 fully saturated rings. The van der Waals surface area contributed by atoms with Crippen LogP contribution in [0.15, 0.2) is 22.3 Å². The van der Waals surface area contributed by atoms with Gasteiger partial charge in [0.25, 0.3) is 5.69 Å². The maximum atomic E-state index is 10.7. The van der Waals surface area contributed by atoms with Crippen LogP contribution < -0.4 is 5.73 Å². The van der Waals surface area contributed by atoms with Crippen molar-refractivity contribution in [1.29, 1.82) is 0 Å². The van der Waals surface area contributed by atoms with Crippen LogP contribution in [0.25, 0.3) is 0 Å². The lowest BCUT2D eigenvalue weighted by atomic mass is 10.4. The van der Waals surface area contributed by atoms with Crippen molar-refractivity contribution in [2.45, 2.75) is 17.1 Å². The zero-order valence-electron chi connectivity index (χ0n) is 9.69. The summed E-state index contributed by atoms with van der Waals surface area (Å²) in [5, 5.41) is 19.6. The fourth-order valence-electron chi connectivity index (χ4n) is 1.24. The summed E-state index contributed by atoms with van der Waals surface area (Å²) in [6.07, 6.45) is 0. The Morgan fingerprint density at radius 2 is 2.17 bits per heavy atom. The predicted octanol–water partition coefficient (Wildman–Crippen LogP) is 1.16. The molecule has 18 heavy (non-hydrogen) atoms. The van der Waals surface area contributed by atoms with Gasteiger partial charge in [-0.15, -0.1) is 10.2 Å². The molecule has 0 aliphatic heterocycles. The molecule has 2 aromatic rings. The van der Waals surface area contributed by atoms with Gasteiger partial charge < -0.3 is 10.3 Å².